The van der Waals surface area contributed by atoms with Crippen molar-refractivity contribution in [3.05, 3.63) is 48.6 Å². The summed E-state index contributed by atoms with van der Waals surface area (Å²) < 4.78 is 4.74. The zero-order valence-electron chi connectivity index (χ0n) is 18.3. The van der Waals surface area contributed by atoms with E-state index in [0.717, 1.165) is 38.5 Å². The molecule has 5 heteroatoms. The first-order valence-electron chi connectivity index (χ1n) is 10.9. The van der Waals surface area contributed by atoms with Crippen molar-refractivity contribution in [1.29, 1.82) is 0 Å². The number of alkyl carbamates (subject to hydrolysis) is 1. The number of unbranched alkanes of at least 4 members (excludes halogenated alkanes) is 5. The van der Waals surface area contributed by atoms with Gasteiger partial charge >= 0.3 is 6.09 Å². The third-order valence-electron chi connectivity index (χ3n) is 4.14. The molecule has 2 N–H and O–H groups in total. The molecule has 0 bridgehead atoms. The highest BCUT2D eigenvalue weighted by atomic mass is 16.6. The monoisotopic (exact) mass is 404 g/mol. The minimum atomic E-state index is -0.550. The molecule has 164 valence electrons. The minimum Gasteiger partial charge on any atom is -0.439 e. The fourth-order valence-corrected chi connectivity index (χ4v) is 2.39. The molecule has 0 radical (unpaired) electrons. The second kappa shape index (κ2) is 22.0. The van der Waals surface area contributed by atoms with Crippen LogP contribution in [0.5, 0.6) is 0 Å². The Hall–Kier alpha value is -2.30. The number of hydrogen-bond acceptors (Lipinski definition) is 3. The van der Waals surface area contributed by atoms with E-state index in [4.69, 9.17) is 4.74 Å². The third kappa shape index (κ3) is 21.9. The van der Waals surface area contributed by atoms with Crippen molar-refractivity contribution in [2.75, 3.05) is 20.2 Å². The summed E-state index contributed by atoms with van der Waals surface area (Å²) in [6.07, 6.45) is 28.1. The SMILES string of the molecule is CCCCC/C=C\C/C=C\C/C=C\C/C=C\CCCCNC(=O)OCC(=O)NC. The van der Waals surface area contributed by atoms with E-state index in [0.29, 0.717) is 6.54 Å². The summed E-state index contributed by atoms with van der Waals surface area (Å²) in [5, 5.41) is 5.02. The van der Waals surface area contributed by atoms with Crippen LogP contribution in [0.25, 0.3) is 0 Å². The van der Waals surface area contributed by atoms with Crippen molar-refractivity contribution in [2.45, 2.75) is 71.1 Å². The number of ether oxygens (including phenoxy) is 1. The summed E-state index contributed by atoms with van der Waals surface area (Å²) in [7, 11) is 1.50. The van der Waals surface area contributed by atoms with E-state index in [9.17, 15) is 9.59 Å². The molecule has 0 rings (SSSR count). The Morgan fingerprint density at radius 2 is 1.28 bits per heavy atom. The minimum absolute atomic E-state index is 0.245. The van der Waals surface area contributed by atoms with Crippen LogP contribution in [0.4, 0.5) is 4.79 Å². The molecule has 0 saturated heterocycles. The van der Waals surface area contributed by atoms with Crippen molar-refractivity contribution >= 4 is 12.0 Å². The molecule has 0 saturated carbocycles. The Bertz CT molecular complexity index is 522. The van der Waals surface area contributed by atoms with Crippen molar-refractivity contribution in [3.8, 4) is 0 Å². The number of rotatable bonds is 17. The lowest BCUT2D eigenvalue weighted by Crippen LogP contribution is -2.30. The lowest BCUT2D eigenvalue weighted by Gasteiger charge is -2.05. The Morgan fingerprint density at radius 1 is 0.759 bits per heavy atom. The molecule has 0 aliphatic carbocycles. The molecule has 5 nitrogen and oxygen atoms in total. The Balaban J connectivity index is 3.45. The molecular weight excluding hydrogens is 364 g/mol. The first kappa shape index (κ1) is 26.7. The highest BCUT2D eigenvalue weighted by molar-refractivity contribution is 5.79. The lowest BCUT2D eigenvalue weighted by molar-refractivity contribution is -0.123. The van der Waals surface area contributed by atoms with Gasteiger partial charge in [0.1, 0.15) is 0 Å². The normalized spacial score (nSPS) is 11.8. The maximum Gasteiger partial charge on any atom is 0.407 e. The Labute approximate surface area is 177 Å². The van der Waals surface area contributed by atoms with Gasteiger partial charge in [-0.1, -0.05) is 68.4 Å². The number of amides is 2. The molecular formula is C24H40N2O3. The number of nitrogens with one attached hydrogen (secondary N) is 2. The molecule has 0 aromatic carbocycles. The average Bonchev–Trinajstić information content (AvgIpc) is 2.73. The lowest BCUT2D eigenvalue weighted by atomic mass is 10.2. The van der Waals surface area contributed by atoms with E-state index < -0.39 is 6.09 Å². The summed E-state index contributed by atoms with van der Waals surface area (Å²) in [4.78, 5) is 22.2. The molecule has 0 aromatic rings. The van der Waals surface area contributed by atoms with E-state index in [1.54, 1.807) is 0 Å². The molecule has 29 heavy (non-hydrogen) atoms. The zero-order valence-corrected chi connectivity index (χ0v) is 18.3. The van der Waals surface area contributed by atoms with Crippen molar-refractivity contribution < 1.29 is 14.3 Å². The largest absolute Gasteiger partial charge is 0.439 e. The van der Waals surface area contributed by atoms with Gasteiger partial charge in [-0.3, -0.25) is 4.79 Å². The summed E-state index contributed by atoms with van der Waals surface area (Å²) in [6, 6.07) is 0. The quantitative estimate of drug-likeness (QED) is 0.245. The van der Waals surface area contributed by atoms with E-state index >= 15 is 0 Å². The molecule has 0 aliphatic rings. The fourth-order valence-electron chi connectivity index (χ4n) is 2.39. The zero-order chi connectivity index (χ0) is 21.4. The second-order valence-corrected chi connectivity index (χ2v) is 6.76. The Morgan fingerprint density at radius 3 is 1.79 bits per heavy atom. The number of carbonyl (C=O) groups is 2. The van der Waals surface area contributed by atoms with Crippen molar-refractivity contribution in [3.63, 3.8) is 0 Å². The maximum absolute atomic E-state index is 11.3. The van der Waals surface area contributed by atoms with E-state index in [-0.39, 0.29) is 12.5 Å². The predicted molar refractivity (Wildman–Crippen MR) is 122 cm³/mol. The molecule has 0 spiro atoms. The van der Waals surface area contributed by atoms with Gasteiger partial charge in [-0.25, -0.2) is 4.79 Å². The highest BCUT2D eigenvalue weighted by Crippen LogP contribution is 2.01. The van der Waals surface area contributed by atoms with E-state index in [2.05, 4.69) is 66.2 Å². The molecule has 0 unspecified atom stereocenters. The Kier molecular flexibility index (Phi) is 20.2. The molecule has 0 fully saturated rings. The van der Waals surface area contributed by atoms with Gasteiger partial charge in [0, 0.05) is 13.6 Å². The van der Waals surface area contributed by atoms with Gasteiger partial charge in [-0.2, -0.15) is 0 Å². The molecule has 0 atom stereocenters. The summed E-state index contributed by atoms with van der Waals surface area (Å²) in [5.74, 6) is -0.319. The second-order valence-electron chi connectivity index (χ2n) is 6.76. The van der Waals surface area contributed by atoms with Gasteiger partial charge in [-0.05, 0) is 51.4 Å². The number of likely N-dealkylation sites (N-methyl/N-ethyl adjacent to an activating group) is 1. The molecule has 0 heterocycles. The standard InChI is InChI=1S/C24H40N2O3/c1-3-4-5-6-7-8-9-10-11-12-13-14-15-16-17-18-19-20-21-26-24(28)29-22-23(27)25-2/h7-8,10-11,13-14,16-17H,3-6,9,12,15,18-22H2,1-2H3,(H,25,27)(H,26,28)/b8-7-,11-10-,14-13-,17-16-. The summed E-state index contributed by atoms with van der Waals surface area (Å²) >= 11 is 0. The van der Waals surface area contributed by atoms with Crippen LogP contribution in [0.1, 0.15) is 71.1 Å². The number of hydrogen-bond donors (Lipinski definition) is 2. The van der Waals surface area contributed by atoms with Crippen LogP contribution >= 0.6 is 0 Å². The first-order valence-corrected chi connectivity index (χ1v) is 10.9. The molecule has 0 aliphatic heterocycles. The van der Waals surface area contributed by atoms with Gasteiger partial charge < -0.3 is 15.4 Å². The molecule has 2 amide bonds. The van der Waals surface area contributed by atoms with Crippen LogP contribution in [-0.4, -0.2) is 32.2 Å². The van der Waals surface area contributed by atoms with Crippen LogP contribution in [-0.2, 0) is 9.53 Å². The van der Waals surface area contributed by atoms with Gasteiger partial charge in [0.25, 0.3) is 5.91 Å². The van der Waals surface area contributed by atoms with Crippen LogP contribution in [0.3, 0.4) is 0 Å². The third-order valence-corrected chi connectivity index (χ3v) is 4.14. The van der Waals surface area contributed by atoms with E-state index in [1.807, 2.05) is 0 Å². The van der Waals surface area contributed by atoms with Gasteiger partial charge in [0.2, 0.25) is 0 Å². The topological polar surface area (TPSA) is 67.4 Å². The fraction of sp³-hybridized carbons (Fsp3) is 0.583. The summed E-state index contributed by atoms with van der Waals surface area (Å²) in [5.41, 5.74) is 0. The van der Waals surface area contributed by atoms with E-state index in [1.165, 1.54) is 32.7 Å². The van der Waals surface area contributed by atoms with Crippen LogP contribution < -0.4 is 10.6 Å². The average molecular weight is 405 g/mol. The van der Waals surface area contributed by atoms with Crippen LogP contribution in [0.15, 0.2) is 48.6 Å². The van der Waals surface area contributed by atoms with Crippen LogP contribution in [0.2, 0.25) is 0 Å². The smallest absolute Gasteiger partial charge is 0.407 e. The van der Waals surface area contributed by atoms with Crippen molar-refractivity contribution in [2.24, 2.45) is 0 Å². The summed E-state index contributed by atoms with van der Waals surface area (Å²) in [6.45, 7) is 2.54. The van der Waals surface area contributed by atoms with Crippen LogP contribution in [0, 0.1) is 0 Å². The first-order chi connectivity index (χ1) is 14.2. The van der Waals surface area contributed by atoms with Gasteiger partial charge in [0.05, 0.1) is 0 Å². The predicted octanol–water partition coefficient (Wildman–Crippen LogP) is 5.60. The number of allylic oxidation sites excluding steroid dienone is 8. The number of carbonyl (C=O) groups excluding carboxylic acids is 2. The molecule has 0 aromatic heterocycles. The maximum atomic E-state index is 11.3. The highest BCUT2D eigenvalue weighted by Gasteiger charge is 2.03. The van der Waals surface area contributed by atoms with Gasteiger partial charge in [0.15, 0.2) is 6.61 Å². The van der Waals surface area contributed by atoms with Crippen molar-refractivity contribution in [1.82, 2.24) is 10.6 Å². The van der Waals surface area contributed by atoms with Gasteiger partial charge in [-0.15, -0.1) is 0 Å².